The third kappa shape index (κ3) is 3.31. The van der Waals surface area contributed by atoms with Crippen LogP contribution in [-0.2, 0) is 13.1 Å². The molecule has 2 N–H and O–H groups in total. The van der Waals surface area contributed by atoms with E-state index in [1.165, 1.54) is 5.56 Å². The van der Waals surface area contributed by atoms with Crippen LogP contribution in [0.3, 0.4) is 0 Å². The van der Waals surface area contributed by atoms with Crippen molar-refractivity contribution in [2.45, 2.75) is 13.1 Å². The van der Waals surface area contributed by atoms with Gasteiger partial charge in [0.25, 0.3) is 0 Å². The highest BCUT2D eigenvalue weighted by molar-refractivity contribution is 9.10. The molecule has 1 aromatic heterocycles. The number of likely N-dealkylation sites (N-methyl/N-ethyl adjacent to an activating group) is 1. The van der Waals surface area contributed by atoms with E-state index in [1.54, 1.807) is 0 Å². The van der Waals surface area contributed by atoms with Crippen LogP contribution < -0.4 is 5.73 Å². The maximum atomic E-state index is 6.04. The largest absolute Gasteiger partial charge is 0.369 e. The van der Waals surface area contributed by atoms with E-state index in [-0.39, 0.29) is 0 Å². The molecule has 114 valence electrons. The number of imidazole rings is 1. The molecule has 0 aliphatic carbocycles. The summed E-state index contributed by atoms with van der Waals surface area (Å²) in [6.07, 6.45) is 0. The molecule has 5 heteroatoms. The minimum Gasteiger partial charge on any atom is -0.369 e. The first-order chi connectivity index (χ1) is 10.6. The lowest BCUT2D eigenvalue weighted by Crippen LogP contribution is -2.23. The maximum Gasteiger partial charge on any atom is 0.201 e. The van der Waals surface area contributed by atoms with E-state index in [0.717, 1.165) is 35.1 Å². The van der Waals surface area contributed by atoms with E-state index in [0.29, 0.717) is 5.95 Å². The number of nitrogen functional groups attached to an aromatic ring is 1. The van der Waals surface area contributed by atoms with Crippen LogP contribution in [0.5, 0.6) is 0 Å². The van der Waals surface area contributed by atoms with Gasteiger partial charge in [-0.25, -0.2) is 4.98 Å². The number of halogens is 1. The Morgan fingerprint density at radius 3 is 2.64 bits per heavy atom. The summed E-state index contributed by atoms with van der Waals surface area (Å²) in [5.74, 6) is 0.582. The van der Waals surface area contributed by atoms with Gasteiger partial charge in [-0.1, -0.05) is 40.2 Å². The van der Waals surface area contributed by atoms with Gasteiger partial charge in [-0.15, -0.1) is 0 Å². The molecule has 3 aromatic rings. The molecule has 0 atom stereocenters. The molecule has 22 heavy (non-hydrogen) atoms. The zero-order chi connectivity index (χ0) is 15.5. The van der Waals surface area contributed by atoms with Crippen molar-refractivity contribution in [3.05, 3.63) is 58.6 Å². The normalized spacial score (nSPS) is 11.4. The van der Waals surface area contributed by atoms with Gasteiger partial charge in [0, 0.05) is 24.1 Å². The van der Waals surface area contributed by atoms with Gasteiger partial charge in [0.1, 0.15) is 0 Å². The first-order valence-electron chi connectivity index (χ1n) is 7.27. The van der Waals surface area contributed by atoms with Gasteiger partial charge in [-0.05, 0) is 36.9 Å². The van der Waals surface area contributed by atoms with Crippen molar-refractivity contribution in [2.75, 3.05) is 19.3 Å². The molecule has 0 saturated carbocycles. The van der Waals surface area contributed by atoms with Gasteiger partial charge >= 0.3 is 0 Å². The lowest BCUT2D eigenvalue weighted by molar-refractivity contribution is 0.314. The van der Waals surface area contributed by atoms with Gasteiger partial charge < -0.3 is 15.2 Å². The fourth-order valence-corrected chi connectivity index (χ4v) is 2.84. The lowest BCUT2D eigenvalue weighted by atomic mass is 10.2. The highest BCUT2D eigenvalue weighted by Crippen LogP contribution is 2.17. The monoisotopic (exact) mass is 358 g/mol. The average Bonchev–Trinajstić information content (AvgIpc) is 2.83. The van der Waals surface area contributed by atoms with Crippen molar-refractivity contribution in [1.82, 2.24) is 14.5 Å². The second-order valence-corrected chi connectivity index (χ2v) is 6.39. The Labute approximate surface area is 138 Å². The Hall–Kier alpha value is -1.85. The van der Waals surface area contributed by atoms with Gasteiger partial charge in [0.2, 0.25) is 5.95 Å². The third-order valence-electron chi connectivity index (χ3n) is 3.76. The van der Waals surface area contributed by atoms with Gasteiger partial charge in [-0.2, -0.15) is 0 Å². The number of hydrogen-bond donors (Lipinski definition) is 1. The summed E-state index contributed by atoms with van der Waals surface area (Å²) in [5.41, 5.74) is 9.39. The average molecular weight is 359 g/mol. The molecule has 0 bridgehead atoms. The predicted molar refractivity (Wildman–Crippen MR) is 94.6 cm³/mol. The van der Waals surface area contributed by atoms with Crippen LogP contribution in [0.15, 0.2) is 53.0 Å². The standard InChI is InChI=1S/C17H19BrN4/c1-21(12-13-6-8-14(18)9-7-13)10-11-22-16-5-3-2-4-15(16)20-17(22)19/h2-9H,10-12H2,1H3,(H2,19,20). The maximum absolute atomic E-state index is 6.04. The summed E-state index contributed by atoms with van der Waals surface area (Å²) < 4.78 is 3.18. The summed E-state index contributed by atoms with van der Waals surface area (Å²) in [6.45, 7) is 2.67. The number of aromatic nitrogens is 2. The summed E-state index contributed by atoms with van der Waals surface area (Å²) in [7, 11) is 2.12. The fourth-order valence-electron chi connectivity index (χ4n) is 2.58. The minimum atomic E-state index is 0.582. The zero-order valence-corrected chi connectivity index (χ0v) is 14.1. The van der Waals surface area contributed by atoms with Crippen molar-refractivity contribution in [1.29, 1.82) is 0 Å². The van der Waals surface area contributed by atoms with Gasteiger partial charge in [0.15, 0.2) is 0 Å². The molecule has 0 spiro atoms. The Kier molecular flexibility index (Phi) is 4.45. The number of para-hydroxylation sites is 2. The van der Waals surface area contributed by atoms with Crippen molar-refractivity contribution >= 4 is 32.9 Å². The van der Waals surface area contributed by atoms with Crippen LogP contribution in [0.2, 0.25) is 0 Å². The SMILES string of the molecule is CN(CCn1c(N)nc2ccccc21)Cc1ccc(Br)cc1. The lowest BCUT2D eigenvalue weighted by Gasteiger charge is -2.17. The topological polar surface area (TPSA) is 47.1 Å². The minimum absolute atomic E-state index is 0.582. The molecule has 0 unspecified atom stereocenters. The van der Waals surface area contributed by atoms with Crippen LogP contribution in [0.4, 0.5) is 5.95 Å². The van der Waals surface area contributed by atoms with Crippen molar-refractivity contribution in [3.8, 4) is 0 Å². The summed E-state index contributed by atoms with van der Waals surface area (Å²) in [5, 5.41) is 0. The first-order valence-corrected chi connectivity index (χ1v) is 8.06. The van der Waals surface area contributed by atoms with E-state index >= 15 is 0 Å². The molecular weight excluding hydrogens is 340 g/mol. The molecule has 0 aliphatic heterocycles. The molecule has 3 rings (SSSR count). The molecule has 2 aromatic carbocycles. The predicted octanol–water partition coefficient (Wildman–Crippen LogP) is 3.51. The van der Waals surface area contributed by atoms with E-state index in [9.17, 15) is 0 Å². The Bertz CT molecular complexity index is 764. The molecule has 0 radical (unpaired) electrons. The van der Waals surface area contributed by atoms with E-state index in [4.69, 9.17) is 5.73 Å². The molecule has 0 saturated heterocycles. The number of benzene rings is 2. The molecule has 0 aliphatic rings. The number of anilines is 1. The quantitative estimate of drug-likeness (QED) is 0.758. The number of rotatable bonds is 5. The zero-order valence-electron chi connectivity index (χ0n) is 12.5. The van der Waals surface area contributed by atoms with Crippen LogP contribution in [0, 0.1) is 0 Å². The number of nitrogens with two attached hydrogens (primary N) is 1. The fraction of sp³-hybridized carbons (Fsp3) is 0.235. The molecule has 1 heterocycles. The highest BCUT2D eigenvalue weighted by atomic mass is 79.9. The van der Waals surface area contributed by atoms with Gasteiger partial charge in [-0.3, -0.25) is 0 Å². The molecule has 0 amide bonds. The second kappa shape index (κ2) is 6.50. The first kappa shape index (κ1) is 15.1. The van der Waals surface area contributed by atoms with E-state index in [2.05, 4.69) is 67.8 Å². The Balaban J connectivity index is 1.66. The van der Waals surface area contributed by atoms with E-state index < -0.39 is 0 Å². The van der Waals surface area contributed by atoms with Crippen LogP contribution in [0.1, 0.15) is 5.56 Å². The van der Waals surface area contributed by atoms with Crippen molar-refractivity contribution in [2.24, 2.45) is 0 Å². The Morgan fingerprint density at radius 1 is 1.14 bits per heavy atom. The molecule has 4 nitrogen and oxygen atoms in total. The molecular formula is C17H19BrN4. The van der Waals surface area contributed by atoms with Crippen LogP contribution in [-0.4, -0.2) is 28.0 Å². The number of nitrogens with zero attached hydrogens (tertiary/aromatic N) is 3. The van der Waals surface area contributed by atoms with Crippen molar-refractivity contribution in [3.63, 3.8) is 0 Å². The summed E-state index contributed by atoms with van der Waals surface area (Å²) in [6, 6.07) is 16.5. The second-order valence-electron chi connectivity index (χ2n) is 5.47. The Morgan fingerprint density at radius 2 is 1.86 bits per heavy atom. The number of fused-ring (bicyclic) bond motifs is 1. The highest BCUT2D eigenvalue weighted by Gasteiger charge is 2.08. The van der Waals surface area contributed by atoms with Gasteiger partial charge in [0.05, 0.1) is 11.0 Å². The number of hydrogen-bond acceptors (Lipinski definition) is 3. The van der Waals surface area contributed by atoms with Crippen molar-refractivity contribution < 1.29 is 0 Å². The van der Waals surface area contributed by atoms with Crippen LogP contribution >= 0.6 is 15.9 Å². The third-order valence-corrected chi connectivity index (χ3v) is 4.28. The van der Waals surface area contributed by atoms with Crippen LogP contribution in [0.25, 0.3) is 11.0 Å². The molecule has 0 fully saturated rings. The smallest absolute Gasteiger partial charge is 0.201 e. The summed E-state index contributed by atoms with van der Waals surface area (Å²) in [4.78, 5) is 6.69. The van der Waals surface area contributed by atoms with E-state index in [1.807, 2.05) is 18.2 Å². The summed E-state index contributed by atoms with van der Waals surface area (Å²) >= 11 is 3.46.